The van der Waals surface area contributed by atoms with E-state index in [0.717, 1.165) is 6.07 Å². The van der Waals surface area contributed by atoms with Gasteiger partial charge in [0.05, 0.1) is 17.2 Å². The molecular weight excluding hydrogens is 207 g/mol. The van der Waals surface area contributed by atoms with Crippen molar-refractivity contribution in [3.63, 3.8) is 0 Å². The summed E-state index contributed by atoms with van der Waals surface area (Å²) in [6.45, 7) is 3.48. The van der Waals surface area contributed by atoms with E-state index in [9.17, 15) is 9.18 Å². The Hall–Kier alpha value is -1.09. The lowest BCUT2D eigenvalue weighted by Gasteiger charge is -2.06. The summed E-state index contributed by atoms with van der Waals surface area (Å²) >= 11 is 5.72. The van der Waals surface area contributed by atoms with Crippen LogP contribution in [0.25, 0.3) is 0 Å². The summed E-state index contributed by atoms with van der Waals surface area (Å²) in [5, 5.41) is 0.0842. The topological polar surface area (TPSA) is 26.3 Å². The van der Waals surface area contributed by atoms with Crippen molar-refractivity contribution in [3.05, 3.63) is 28.5 Å². The Morgan fingerprint density at radius 1 is 1.57 bits per heavy atom. The molecule has 0 atom stereocenters. The summed E-state index contributed by atoms with van der Waals surface area (Å²) in [4.78, 5) is 11.0. The van der Waals surface area contributed by atoms with Gasteiger partial charge in [-0.05, 0) is 19.9 Å². The normalized spacial score (nSPS) is 10.0. The van der Waals surface area contributed by atoms with Gasteiger partial charge in [0.2, 0.25) is 0 Å². The lowest BCUT2D eigenvalue weighted by atomic mass is 10.1. The number of ketones is 1. The smallest absolute Gasteiger partial charge is 0.164 e. The molecule has 14 heavy (non-hydrogen) atoms. The van der Waals surface area contributed by atoms with Crippen molar-refractivity contribution in [1.82, 2.24) is 0 Å². The SMILES string of the molecule is CCOc1cc(F)c(C(C)=O)c(Cl)c1. The van der Waals surface area contributed by atoms with Gasteiger partial charge in [0, 0.05) is 6.07 Å². The molecule has 0 aliphatic heterocycles. The Morgan fingerprint density at radius 2 is 2.21 bits per heavy atom. The van der Waals surface area contributed by atoms with E-state index in [1.807, 2.05) is 0 Å². The maximum atomic E-state index is 13.3. The van der Waals surface area contributed by atoms with Crippen molar-refractivity contribution in [3.8, 4) is 5.75 Å². The molecule has 1 rings (SSSR count). The fourth-order valence-corrected chi connectivity index (χ4v) is 1.47. The van der Waals surface area contributed by atoms with Crippen molar-refractivity contribution in [1.29, 1.82) is 0 Å². The minimum atomic E-state index is -0.645. The molecule has 2 nitrogen and oxygen atoms in total. The predicted octanol–water partition coefficient (Wildman–Crippen LogP) is 3.08. The van der Waals surface area contributed by atoms with E-state index in [0.29, 0.717) is 12.4 Å². The molecule has 0 unspecified atom stereocenters. The minimum absolute atomic E-state index is 0.0842. The van der Waals surface area contributed by atoms with Crippen LogP contribution >= 0.6 is 11.6 Å². The van der Waals surface area contributed by atoms with Gasteiger partial charge in [-0.25, -0.2) is 4.39 Å². The zero-order valence-corrected chi connectivity index (χ0v) is 8.69. The second-order valence-corrected chi connectivity index (χ2v) is 3.16. The molecule has 1 aromatic carbocycles. The summed E-state index contributed by atoms with van der Waals surface area (Å²) in [7, 11) is 0. The molecule has 0 N–H and O–H groups in total. The highest BCUT2D eigenvalue weighted by atomic mass is 35.5. The number of hydrogen-bond acceptors (Lipinski definition) is 2. The number of halogens is 2. The zero-order valence-electron chi connectivity index (χ0n) is 7.93. The Labute approximate surface area is 86.6 Å². The van der Waals surface area contributed by atoms with Crippen molar-refractivity contribution < 1.29 is 13.9 Å². The second kappa shape index (κ2) is 4.42. The lowest BCUT2D eigenvalue weighted by Crippen LogP contribution is -2.00. The predicted molar refractivity (Wildman–Crippen MR) is 52.6 cm³/mol. The summed E-state index contributed by atoms with van der Waals surface area (Å²) in [6.07, 6.45) is 0. The lowest BCUT2D eigenvalue weighted by molar-refractivity contribution is 0.101. The average Bonchev–Trinajstić information content (AvgIpc) is 2.01. The van der Waals surface area contributed by atoms with Crippen molar-refractivity contribution in [2.24, 2.45) is 0 Å². The minimum Gasteiger partial charge on any atom is -0.494 e. The van der Waals surface area contributed by atoms with Gasteiger partial charge in [-0.1, -0.05) is 11.6 Å². The molecule has 0 aliphatic carbocycles. The molecule has 0 spiro atoms. The monoisotopic (exact) mass is 216 g/mol. The van der Waals surface area contributed by atoms with Crippen LogP contribution in [0.5, 0.6) is 5.75 Å². The summed E-state index contributed by atoms with van der Waals surface area (Å²) in [6, 6.07) is 2.59. The molecule has 0 saturated heterocycles. The molecule has 76 valence electrons. The van der Waals surface area contributed by atoms with Crippen molar-refractivity contribution in [2.75, 3.05) is 6.61 Å². The van der Waals surface area contributed by atoms with Crippen LogP contribution in [0.15, 0.2) is 12.1 Å². The van der Waals surface area contributed by atoms with Crippen LogP contribution in [-0.2, 0) is 0 Å². The van der Waals surface area contributed by atoms with Gasteiger partial charge >= 0.3 is 0 Å². The molecule has 0 fully saturated rings. The van der Waals surface area contributed by atoms with E-state index in [-0.39, 0.29) is 10.6 Å². The standard InChI is InChI=1S/C10H10ClFO2/c1-3-14-7-4-8(11)10(6(2)13)9(12)5-7/h4-5H,3H2,1-2H3. The van der Waals surface area contributed by atoms with Crippen LogP contribution in [0, 0.1) is 5.82 Å². The Bertz CT molecular complexity index is 340. The highest BCUT2D eigenvalue weighted by Gasteiger charge is 2.13. The number of rotatable bonds is 3. The maximum Gasteiger partial charge on any atom is 0.164 e. The third kappa shape index (κ3) is 2.23. The van der Waals surface area contributed by atoms with Gasteiger partial charge in [-0.2, -0.15) is 0 Å². The Balaban J connectivity index is 3.18. The van der Waals surface area contributed by atoms with Crippen LogP contribution in [-0.4, -0.2) is 12.4 Å². The van der Waals surface area contributed by atoms with Gasteiger partial charge < -0.3 is 4.74 Å². The number of Topliss-reactive ketones (excluding diaryl/α,β-unsaturated/α-hetero) is 1. The number of benzene rings is 1. The molecule has 0 amide bonds. The third-order valence-corrected chi connectivity index (χ3v) is 1.98. The van der Waals surface area contributed by atoms with Gasteiger partial charge in [-0.3, -0.25) is 4.79 Å². The van der Waals surface area contributed by atoms with Gasteiger partial charge in [0.1, 0.15) is 11.6 Å². The highest BCUT2D eigenvalue weighted by Crippen LogP contribution is 2.26. The first-order valence-electron chi connectivity index (χ1n) is 4.19. The largest absolute Gasteiger partial charge is 0.494 e. The van der Waals surface area contributed by atoms with E-state index in [4.69, 9.17) is 16.3 Å². The van der Waals surface area contributed by atoms with E-state index in [1.54, 1.807) is 6.92 Å². The third-order valence-electron chi connectivity index (χ3n) is 1.68. The van der Waals surface area contributed by atoms with E-state index in [2.05, 4.69) is 0 Å². The Kier molecular flexibility index (Phi) is 3.47. The fourth-order valence-electron chi connectivity index (χ4n) is 1.14. The van der Waals surface area contributed by atoms with Gasteiger partial charge in [0.25, 0.3) is 0 Å². The molecule has 0 radical (unpaired) electrons. The molecule has 0 bridgehead atoms. The van der Waals surface area contributed by atoms with E-state index in [1.165, 1.54) is 13.0 Å². The molecule has 0 aliphatic rings. The quantitative estimate of drug-likeness (QED) is 0.726. The summed E-state index contributed by atoms with van der Waals surface area (Å²) in [5.41, 5.74) is -0.0879. The van der Waals surface area contributed by atoms with Crippen LogP contribution in [0.2, 0.25) is 5.02 Å². The fraction of sp³-hybridized carbons (Fsp3) is 0.300. The van der Waals surface area contributed by atoms with Gasteiger partial charge in [-0.15, -0.1) is 0 Å². The summed E-state index contributed by atoms with van der Waals surface area (Å²) < 4.78 is 18.4. The Morgan fingerprint density at radius 3 is 2.64 bits per heavy atom. The number of ether oxygens (including phenoxy) is 1. The van der Waals surface area contributed by atoms with Crippen LogP contribution < -0.4 is 4.74 Å². The van der Waals surface area contributed by atoms with Crippen LogP contribution in [0.1, 0.15) is 24.2 Å². The molecular formula is C10H10ClFO2. The number of carbonyl (C=O) groups excluding carboxylic acids is 1. The average molecular weight is 217 g/mol. The first-order valence-corrected chi connectivity index (χ1v) is 4.56. The molecule has 1 aromatic rings. The highest BCUT2D eigenvalue weighted by molar-refractivity contribution is 6.34. The number of hydrogen-bond donors (Lipinski definition) is 0. The first kappa shape index (κ1) is 11.0. The second-order valence-electron chi connectivity index (χ2n) is 2.75. The number of carbonyl (C=O) groups is 1. The zero-order chi connectivity index (χ0) is 10.7. The van der Waals surface area contributed by atoms with Crippen LogP contribution in [0.3, 0.4) is 0 Å². The first-order chi connectivity index (χ1) is 6.56. The molecule has 4 heteroatoms. The van der Waals surface area contributed by atoms with Crippen molar-refractivity contribution >= 4 is 17.4 Å². The summed E-state index contributed by atoms with van der Waals surface area (Å²) in [5.74, 6) is -0.705. The molecule has 0 saturated carbocycles. The maximum absolute atomic E-state index is 13.3. The molecule has 0 aromatic heterocycles. The van der Waals surface area contributed by atoms with Crippen LogP contribution in [0.4, 0.5) is 4.39 Å². The van der Waals surface area contributed by atoms with Gasteiger partial charge in [0.15, 0.2) is 5.78 Å². The molecule has 0 heterocycles. The van der Waals surface area contributed by atoms with E-state index >= 15 is 0 Å². The van der Waals surface area contributed by atoms with E-state index < -0.39 is 11.6 Å². The van der Waals surface area contributed by atoms with Crippen molar-refractivity contribution in [2.45, 2.75) is 13.8 Å².